The summed E-state index contributed by atoms with van der Waals surface area (Å²) in [5.74, 6) is -0.362. The molecule has 0 spiro atoms. The smallest absolute Gasteiger partial charge is 0.339 e. The molecule has 4 nitrogen and oxygen atoms in total. The lowest BCUT2D eigenvalue weighted by atomic mass is 9.95. The second-order valence-electron chi connectivity index (χ2n) is 9.68. The summed E-state index contributed by atoms with van der Waals surface area (Å²) in [4.78, 5) is 18.4. The van der Waals surface area contributed by atoms with E-state index in [2.05, 4.69) is 49.9 Å². The molecule has 0 bridgehead atoms. The quantitative estimate of drug-likeness (QED) is 0.147. The molecule has 0 N–H and O–H groups in total. The number of esters is 1. The maximum absolute atomic E-state index is 13.6. The molecule has 4 aromatic carbocycles. The molecule has 0 saturated heterocycles. The van der Waals surface area contributed by atoms with E-state index >= 15 is 0 Å². The molecular weight excluding hydrogens is 456 g/mol. The molecule has 0 aliphatic heterocycles. The minimum absolute atomic E-state index is 0.209. The monoisotopic (exact) mass is 484 g/mol. The van der Waals surface area contributed by atoms with Gasteiger partial charge in [0.1, 0.15) is 6.61 Å². The van der Waals surface area contributed by atoms with Gasteiger partial charge in [-0.3, -0.25) is 4.99 Å². The molecule has 2 aromatic heterocycles. The van der Waals surface area contributed by atoms with E-state index in [4.69, 9.17) is 9.73 Å². The number of aliphatic imine (C=N–C) groups is 1. The normalized spacial score (nSPS) is 12.0. The number of carbonyl (C=O) groups excluding carboxylic acids is 1. The van der Waals surface area contributed by atoms with Crippen molar-refractivity contribution in [2.75, 3.05) is 0 Å². The van der Waals surface area contributed by atoms with E-state index < -0.39 is 0 Å². The van der Waals surface area contributed by atoms with E-state index in [0.29, 0.717) is 5.56 Å². The van der Waals surface area contributed by atoms with E-state index in [-0.39, 0.29) is 12.6 Å². The number of ether oxygens (including phenoxy) is 1. The first-order valence-electron chi connectivity index (χ1n) is 12.5. The molecular formula is C33H28N2O2. The van der Waals surface area contributed by atoms with Crippen LogP contribution in [0, 0.1) is 20.8 Å². The van der Waals surface area contributed by atoms with E-state index in [1.807, 2.05) is 55.5 Å². The van der Waals surface area contributed by atoms with Crippen LogP contribution in [0.5, 0.6) is 0 Å². The Morgan fingerprint density at radius 3 is 2.41 bits per heavy atom. The highest BCUT2D eigenvalue weighted by atomic mass is 16.5. The van der Waals surface area contributed by atoms with Gasteiger partial charge in [-0.05, 0) is 67.3 Å². The van der Waals surface area contributed by atoms with Gasteiger partial charge in [0.15, 0.2) is 0 Å². The maximum Gasteiger partial charge on any atom is 0.339 e. The fourth-order valence-corrected chi connectivity index (χ4v) is 5.74. The minimum atomic E-state index is -0.362. The Kier molecular flexibility index (Phi) is 5.34. The van der Waals surface area contributed by atoms with Crippen LogP contribution in [0.4, 0.5) is 5.69 Å². The van der Waals surface area contributed by atoms with Crippen LogP contribution in [-0.2, 0) is 11.3 Å². The largest absolute Gasteiger partial charge is 0.457 e. The second kappa shape index (κ2) is 8.59. The molecule has 182 valence electrons. The van der Waals surface area contributed by atoms with Crippen LogP contribution in [0.2, 0.25) is 0 Å². The zero-order valence-corrected chi connectivity index (χ0v) is 21.6. The summed E-state index contributed by atoms with van der Waals surface area (Å²) in [6.07, 6.45) is 1.76. The highest BCUT2D eigenvalue weighted by Gasteiger charge is 2.25. The Bertz CT molecular complexity index is 1950. The molecule has 0 atom stereocenters. The number of aryl methyl sites for hydroxylation is 3. The van der Waals surface area contributed by atoms with Crippen molar-refractivity contribution in [3.63, 3.8) is 0 Å². The van der Waals surface area contributed by atoms with Crippen LogP contribution in [-0.4, -0.2) is 16.6 Å². The van der Waals surface area contributed by atoms with Crippen LogP contribution >= 0.6 is 0 Å². The highest BCUT2D eigenvalue weighted by molar-refractivity contribution is 6.25. The molecule has 37 heavy (non-hydrogen) atoms. The first-order valence-corrected chi connectivity index (χ1v) is 12.5. The third-order valence-electron chi connectivity index (χ3n) is 7.46. The third kappa shape index (κ3) is 3.36. The van der Waals surface area contributed by atoms with Gasteiger partial charge in [-0.25, -0.2) is 4.79 Å². The zero-order valence-electron chi connectivity index (χ0n) is 21.6. The molecule has 0 fully saturated rings. The van der Waals surface area contributed by atoms with Gasteiger partial charge in [0.05, 0.1) is 27.8 Å². The van der Waals surface area contributed by atoms with Crippen LogP contribution in [0.25, 0.3) is 44.7 Å². The number of benzene rings is 4. The van der Waals surface area contributed by atoms with E-state index in [1.165, 1.54) is 16.7 Å². The summed E-state index contributed by atoms with van der Waals surface area (Å²) in [6, 6.07) is 22.1. The van der Waals surface area contributed by atoms with Gasteiger partial charge in [0.25, 0.3) is 0 Å². The van der Waals surface area contributed by atoms with Gasteiger partial charge >= 0.3 is 5.97 Å². The Hall–Kier alpha value is -4.44. The van der Waals surface area contributed by atoms with Gasteiger partial charge in [0.2, 0.25) is 0 Å². The zero-order chi connectivity index (χ0) is 25.8. The van der Waals surface area contributed by atoms with Gasteiger partial charge in [0, 0.05) is 27.8 Å². The van der Waals surface area contributed by atoms with Crippen LogP contribution in [0.15, 0.2) is 71.7 Å². The van der Waals surface area contributed by atoms with Gasteiger partial charge < -0.3 is 9.14 Å². The van der Waals surface area contributed by atoms with Crippen LogP contribution in [0.3, 0.4) is 0 Å². The Labute approximate surface area is 215 Å². The van der Waals surface area contributed by atoms with Crippen molar-refractivity contribution in [3.8, 4) is 0 Å². The van der Waals surface area contributed by atoms with Gasteiger partial charge in [-0.15, -0.1) is 0 Å². The number of hydrogen-bond donors (Lipinski definition) is 0. The number of aromatic nitrogens is 1. The second-order valence-corrected chi connectivity index (χ2v) is 9.68. The van der Waals surface area contributed by atoms with Gasteiger partial charge in [-0.1, -0.05) is 61.2 Å². The lowest BCUT2D eigenvalue weighted by Gasteiger charge is -2.17. The summed E-state index contributed by atoms with van der Waals surface area (Å²) in [6.45, 7) is 13.1. The number of fused-ring (bicyclic) bond motifs is 5. The average molecular weight is 485 g/mol. The molecule has 2 heterocycles. The number of rotatable bonds is 4. The van der Waals surface area contributed by atoms with Crippen molar-refractivity contribution in [3.05, 3.63) is 99.8 Å². The van der Waals surface area contributed by atoms with Crippen molar-refractivity contribution >= 4 is 62.5 Å². The molecule has 4 heteroatoms. The van der Waals surface area contributed by atoms with Crippen molar-refractivity contribution in [1.82, 2.24) is 4.40 Å². The number of pyridine rings is 1. The van der Waals surface area contributed by atoms with Crippen LogP contribution < -0.4 is 5.22 Å². The number of hydrogen-bond acceptors (Lipinski definition) is 3. The minimum Gasteiger partial charge on any atom is -0.457 e. The first kappa shape index (κ1) is 23.0. The van der Waals surface area contributed by atoms with Gasteiger partial charge in [-0.2, -0.15) is 0 Å². The van der Waals surface area contributed by atoms with Crippen molar-refractivity contribution in [2.45, 2.75) is 34.3 Å². The molecule has 0 radical (unpaired) electrons. The Morgan fingerprint density at radius 2 is 1.65 bits per heavy atom. The molecule has 0 aliphatic rings. The van der Waals surface area contributed by atoms with Crippen molar-refractivity contribution in [2.24, 2.45) is 4.99 Å². The molecule has 0 amide bonds. The Balaban J connectivity index is 1.78. The predicted octanol–water partition coefficient (Wildman–Crippen LogP) is 7.53. The highest BCUT2D eigenvalue weighted by Crippen LogP contribution is 2.41. The number of para-hydroxylation sites is 1. The third-order valence-corrected chi connectivity index (χ3v) is 7.46. The fourth-order valence-electron chi connectivity index (χ4n) is 5.74. The summed E-state index contributed by atoms with van der Waals surface area (Å²) in [5, 5.41) is 4.92. The standard InChI is InChI=1S/C33H28N2O2/c1-6-34-26-17-25(33(36)37-18-23-12-8-7-9-13-23)30-24-14-10-11-15-27(24)35-31-20(3)16-19(2)21(4)28(31)22(5)29(26)32(30)35/h6-17H,5,18H2,1-4H3. The number of nitrogens with zero attached hydrogens (tertiary/aromatic N) is 2. The maximum atomic E-state index is 13.6. The predicted molar refractivity (Wildman–Crippen MR) is 154 cm³/mol. The van der Waals surface area contributed by atoms with E-state index in [9.17, 15) is 4.79 Å². The van der Waals surface area contributed by atoms with Crippen LogP contribution in [0.1, 0.15) is 39.5 Å². The fraction of sp³-hybridized carbons (Fsp3) is 0.152. The molecule has 0 saturated carbocycles. The lowest BCUT2D eigenvalue weighted by Crippen LogP contribution is -2.12. The molecule has 6 rings (SSSR count). The first-order chi connectivity index (χ1) is 17.9. The van der Waals surface area contributed by atoms with E-state index in [1.54, 1.807) is 6.21 Å². The van der Waals surface area contributed by atoms with Crippen molar-refractivity contribution in [1.29, 1.82) is 0 Å². The van der Waals surface area contributed by atoms with E-state index in [0.717, 1.165) is 54.6 Å². The average Bonchev–Trinajstić information content (AvgIpc) is 3.24. The SMILES string of the molecule is C=c1c2c(C)c(C)cc(C)c2n2c3ccccc3c3c(C(=O)OCc4ccccc4)cc(N=CC)c1c32. The summed E-state index contributed by atoms with van der Waals surface area (Å²) >= 11 is 0. The number of carbonyl (C=O) groups is 1. The molecule has 0 unspecified atom stereocenters. The summed E-state index contributed by atoms with van der Waals surface area (Å²) in [7, 11) is 0. The Morgan fingerprint density at radius 1 is 0.919 bits per heavy atom. The topological polar surface area (TPSA) is 43.1 Å². The molecule has 6 aromatic rings. The summed E-state index contributed by atoms with van der Waals surface area (Å²) in [5.41, 5.74) is 8.92. The van der Waals surface area contributed by atoms with Crippen molar-refractivity contribution < 1.29 is 9.53 Å². The molecule has 0 aliphatic carbocycles. The lowest BCUT2D eigenvalue weighted by molar-refractivity contribution is 0.0475. The summed E-state index contributed by atoms with van der Waals surface area (Å²) < 4.78 is 8.14.